The zero-order valence-corrected chi connectivity index (χ0v) is 14.7. The zero-order valence-electron chi connectivity index (χ0n) is 13.1. The molecule has 0 fully saturated rings. The van der Waals surface area contributed by atoms with E-state index in [2.05, 4.69) is 4.98 Å². The lowest BCUT2D eigenvalue weighted by molar-refractivity contribution is 0.328. The molecule has 0 unspecified atom stereocenters. The van der Waals surface area contributed by atoms with E-state index in [0.29, 0.717) is 10.9 Å². The Morgan fingerprint density at radius 1 is 1.08 bits per heavy atom. The Hall–Kier alpha value is -2.45. The van der Waals surface area contributed by atoms with Gasteiger partial charge < -0.3 is 4.74 Å². The molecule has 0 saturated carbocycles. The maximum Gasteiger partial charge on any atom is 0.266 e. The van der Waals surface area contributed by atoms with Gasteiger partial charge in [-0.05, 0) is 36.4 Å². The lowest BCUT2D eigenvalue weighted by Crippen LogP contribution is -2.34. The number of benzene rings is 2. The minimum absolute atomic E-state index is 0.0854. The lowest BCUT2D eigenvalue weighted by atomic mass is 10.3. The highest BCUT2D eigenvalue weighted by Crippen LogP contribution is 2.25. The third kappa shape index (κ3) is 4.15. The number of anilines is 1. The number of aromatic nitrogens is 1. The first-order valence-electron chi connectivity index (χ1n) is 7.43. The smallest absolute Gasteiger partial charge is 0.266 e. The SMILES string of the molecule is O=S(=O)(c1ccccc1)N(CCOc1ccc(F)cc1)c1nccs1. The van der Waals surface area contributed by atoms with Gasteiger partial charge in [-0.15, -0.1) is 11.3 Å². The van der Waals surface area contributed by atoms with Gasteiger partial charge in [-0.1, -0.05) is 18.2 Å². The number of halogens is 1. The molecule has 130 valence electrons. The quantitative estimate of drug-likeness (QED) is 0.631. The first kappa shape index (κ1) is 17.4. The van der Waals surface area contributed by atoms with E-state index in [-0.39, 0.29) is 23.9 Å². The number of ether oxygens (including phenoxy) is 1. The summed E-state index contributed by atoms with van der Waals surface area (Å²) in [4.78, 5) is 4.29. The summed E-state index contributed by atoms with van der Waals surface area (Å²) in [5.74, 6) is 0.112. The number of hydrogen-bond donors (Lipinski definition) is 0. The fourth-order valence-corrected chi connectivity index (χ4v) is 4.48. The Morgan fingerprint density at radius 3 is 2.44 bits per heavy atom. The molecule has 0 aliphatic heterocycles. The van der Waals surface area contributed by atoms with Crippen LogP contribution >= 0.6 is 11.3 Å². The third-order valence-electron chi connectivity index (χ3n) is 3.34. The first-order valence-corrected chi connectivity index (χ1v) is 9.75. The monoisotopic (exact) mass is 378 g/mol. The van der Waals surface area contributed by atoms with Crippen LogP contribution in [0.5, 0.6) is 5.75 Å². The molecule has 0 radical (unpaired) electrons. The molecule has 0 aliphatic carbocycles. The van der Waals surface area contributed by atoms with Gasteiger partial charge in [0.25, 0.3) is 10.0 Å². The van der Waals surface area contributed by atoms with Crippen LogP contribution in [0.25, 0.3) is 0 Å². The molecular weight excluding hydrogens is 363 g/mol. The second kappa shape index (κ2) is 7.62. The van der Waals surface area contributed by atoms with Crippen molar-refractivity contribution >= 4 is 26.5 Å². The maximum atomic E-state index is 12.9. The number of thiazole rings is 1. The fraction of sp³-hybridized carbons (Fsp3) is 0.118. The Labute approximate surface area is 149 Å². The van der Waals surface area contributed by atoms with Crippen LogP contribution in [0.1, 0.15) is 0 Å². The molecular formula is C17H15FN2O3S2. The average Bonchev–Trinajstić information content (AvgIpc) is 3.15. The lowest BCUT2D eigenvalue weighted by Gasteiger charge is -2.21. The molecule has 0 atom stereocenters. The highest BCUT2D eigenvalue weighted by atomic mass is 32.2. The van der Waals surface area contributed by atoms with Crippen molar-refractivity contribution in [1.82, 2.24) is 4.98 Å². The molecule has 0 aliphatic rings. The second-order valence-corrected chi connectivity index (χ2v) is 7.74. The van der Waals surface area contributed by atoms with E-state index in [4.69, 9.17) is 4.74 Å². The van der Waals surface area contributed by atoms with E-state index >= 15 is 0 Å². The highest BCUT2D eigenvalue weighted by Gasteiger charge is 2.26. The molecule has 1 heterocycles. The van der Waals surface area contributed by atoms with Gasteiger partial charge in [0.15, 0.2) is 5.13 Å². The van der Waals surface area contributed by atoms with Crippen molar-refractivity contribution in [2.24, 2.45) is 0 Å². The topological polar surface area (TPSA) is 59.5 Å². The number of nitrogens with zero attached hydrogens (tertiary/aromatic N) is 2. The van der Waals surface area contributed by atoms with Gasteiger partial charge in [0.2, 0.25) is 0 Å². The number of sulfonamides is 1. The molecule has 5 nitrogen and oxygen atoms in total. The molecule has 0 saturated heterocycles. The van der Waals surface area contributed by atoms with Gasteiger partial charge >= 0.3 is 0 Å². The molecule has 25 heavy (non-hydrogen) atoms. The van der Waals surface area contributed by atoms with Gasteiger partial charge in [-0.25, -0.2) is 22.1 Å². The number of hydrogen-bond acceptors (Lipinski definition) is 5. The number of rotatable bonds is 7. The maximum absolute atomic E-state index is 12.9. The van der Waals surface area contributed by atoms with E-state index in [1.165, 1.54) is 52.0 Å². The molecule has 0 N–H and O–H groups in total. The summed E-state index contributed by atoms with van der Waals surface area (Å²) in [6.45, 7) is 0.194. The zero-order chi connectivity index (χ0) is 17.7. The van der Waals surface area contributed by atoms with Crippen molar-refractivity contribution in [3.8, 4) is 5.75 Å². The molecule has 0 spiro atoms. The molecule has 0 bridgehead atoms. The Kier molecular flexibility index (Phi) is 5.30. The summed E-state index contributed by atoms with van der Waals surface area (Å²) in [6.07, 6.45) is 1.55. The Bertz CT molecular complexity index is 899. The summed E-state index contributed by atoms with van der Waals surface area (Å²) in [6, 6.07) is 13.7. The molecule has 2 aromatic carbocycles. The fourth-order valence-electron chi connectivity index (χ4n) is 2.15. The van der Waals surface area contributed by atoms with Crippen LogP contribution in [-0.2, 0) is 10.0 Å². The summed E-state index contributed by atoms with van der Waals surface area (Å²) in [5, 5.41) is 2.08. The minimum atomic E-state index is -3.74. The molecule has 1 aromatic heterocycles. The van der Waals surface area contributed by atoms with E-state index in [1.54, 1.807) is 29.8 Å². The van der Waals surface area contributed by atoms with E-state index < -0.39 is 10.0 Å². The predicted molar refractivity (Wildman–Crippen MR) is 95.0 cm³/mol. The van der Waals surface area contributed by atoms with E-state index in [0.717, 1.165) is 0 Å². The van der Waals surface area contributed by atoms with Crippen molar-refractivity contribution in [3.05, 3.63) is 72.0 Å². The van der Waals surface area contributed by atoms with Gasteiger partial charge in [0, 0.05) is 11.6 Å². The summed E-state index contributed by atoms with van der Waals surface area (Å²) in [5.41, 5.74) is 0. The van der Waals surface area contributed by atoms with Crippen molar-refractivity contribution < 1.29 is 17.5 Å². The van der Waals surface area contributed by atoms with E-state index in [1.807, 2.05) is 0 Å². The average molecular weight is 378 g/mol. The van der Waals surface area contributed by atoms with Crippen LogP contribution in [0.2, 0.25) is 0 Å². The predicted octanol–water partition coefficient (Wildman–Crippen LogP) is 3.56. The summed E-state index contributed by atoms with van der Waals surface area (Å²) in [7, 11) is -3.74. The van der Waals surface area contributed by atoms with Gasteiger partial charge in [0.05, 0.1) is 11.4 Å². The van der Waals surface area contributed by atoms with Crippen molar-refractivity contribution in [2.45, 2.75) is 4.90 Å². The molecule has 3 rings (SSSR count). The third-order valence-corrected chi connectivity index (χ3v) is 6.05. The van der Waals surface area contributed by atoms with Crippen LogP contribution in [0.15, 0.2) is 71.1 Å². The molecule has 8 heteroatoms. The van der Waals surface area contributed by atoms with Crippen molar-refractivity contribution in [3.63, 3.8) is 0 Å². The van der Waals surface area contributed by atoms with E-state index in [9.17, 15) is 12.8 Å². The summed E-state index contributed by atoms with van der Waals surface area (Å²) >= 11 is 1.23. The van der Waals surface area contributed by atoms with Crippen molar-refractivity contribution in [1.29, 1.82) is 0 Å². The van der Waals surface area contributed by atoms with Crippen LogP contribution < -0.4 is 9.04 Å². The van der Waals surface area contributed by atoms with Crippen LogP contribution in [-0.4, -0.2) is 26.6 Å². The molecule has 0 amide bonds. The largest absolute Gasteiger partial charge is 0.492 e. The standard InChI is InChI=1S/C17H15FN2O3S2/c18-14-6-8-15(9-7-14)23-12-11-20(17-19-10-13-24-17)25(21,22)16-4-2-1-3-5-16/h1-10,13H,11-12H2. The molecule has 3 aromatic rings. The first-order chi connectivity index (χ1) is 12.1. The van der Waals surface area contributed by atoms with Gasteiger partial charge in [0.1, 0.15) is 18.2 Å². The van der Waals surface area contributed by atoms with Crippen LogP contribution in [0, 0.1) is 5.82 Å². The highest BCUT2D eigenvalue weighted by molar-refractivity contribution is 7.93. The Morgan fingerprint density at radius 2 is 1.80 bits per heavy atom. The Balaban J connectivity index is 1.78. The second-order valence-electron chi connectivity index (χ2n) is 5.01. The summed E-state index contributed by atoms with van der Waals surface area (Å²) < 4.78 is 45.5. The van der Waals surface area contributed by atoms with Gasteiger partial charge in [-0.2, -0.15) is 0 Å². The van der Waals surface area contributed by atoms with Gasteiger partial charge in [-0.3, -0.25) is 0 Å². The minimum Gasteiger partial charge on any atom is -0.492 e. The van der Waals surface area contributed by atoms with Crippen LogP contribution in [0.4, 0.5) is 9.52 Å². The normalized spacial score (nSPS) is 11.2. The van der Waals surface area contributed by atoms with Crippen molar-refractivity contribution in [2.75, 3.05) is 17.5 Å². The van der Waals surface area contributed by atoms with Crippen LogP contribution in [0.3, 0.4) is 0 Å².